The summed E-state index contributed by atoms with van der Waals surface area (Å²) < 4.78 is 6.99. The van der Waals surface area contributed by atoms with Crippen LogP contribution in [0.15, 0.2) is 6.20 Å². The van der Waals surface area contributed by atoms with E-state index >= 15 is 0 Å². The average Bonchev–Trinajstić information content (AvgIpc) is 3.06. The normalized spacial score (nSPS) is 29.6. The SMILES string of the molecule is COC(=O)[C@@]12CCC[C@@H]1CN(Cc1cnn(C)c1C)C2. The van der Waals surface area contributed by atoms with Crippen molar-refractivity contribution in [1.29, 1.82) is 0 Å². The number of methoxy groups -OCH3 is 1. The summed E-state index contributed by atoms with van der Waals surface area (Å²) >= 11 is 0. The Morgan fingerprint density at radius 2 is 2.40 bits per heavy atom. The molecule has 1 aromatic heterocycles. The number of hydrogen-bond donors (Lipinski definition) is 0. The van der Waals surface area contributed by atoms with Crippen molar-refractivity contribution in [2.75, 3.05) is 20.2 Å². The molecule has 2 atom stereocenters. The van der Waals surface area contributed by atoms with Crippen LogP contribution in [0.2, 0.25) is 0 Å². The Morgan fingerprint density at radius 3 is 3.05 bits per heavy atom. The second-order valence-corrected chi connectivity index (χ2v) is 6.29. The molecule has 2 heterocycles. The van der Waals surface area contributed by atoms with Crippen molar-refractivity contribution < 1.29 is 9.53 Å². The first-order valence-corrected chi connectivity index (χ1v) is 7.35. The molecule has 0 bridgehead atoms. The molecule has 0 N–H and O–H groups in total. The highest BCUT2D eigenvalue weighted by Gasteiger charge is 2.55. The van der Waals surface area contributed by atoms with Crippen molar-refractivity contribution in [2.45, 2.75) is 32.7 Å². The van der Waals surface area contributed by atoms with E-state index in [1.165, 1.54) is 18.4 Å². The maximum Gasteiger partial charge on any atom is 0.313 e. The standard InChI is InChI=1S/C15H23N3O2/c1-11-12(7-16-17(11)2)8-18-9-13-5-4-6-15(13,10-18)14(19)20-3/h7,13H,4-6,8-10H2,1-3H3/t13-,15-/m1/s1. The van der Waals surface area contributed by atoms with Gasteiger partial charge in [0.2, 0.25) is 0 Å². The number of ether oxygens (including phenoxy) is 1. The number of hydrogen-bond acceptors (Lipinski definition) is 4. The molecular formula is C15H23N3O2. The van der Waals surface area contributed by atoms with E-state index in [0.29, 0.717) is 5.92 Å². The molecule has 5 nitrogen and oxygen atoms in total. The molecule has 0 amide bonds. The fourth-order valence-corrected chi connectivity index (χ4v) is 3.99. The fraction of sp³-hybridized carbons (Fsp3) is 0.733. The second kappa shape index (κ2) is 4.88. The summed E-state index contributed by atoms with van der Waals surface area (Å²) in [5, 5.41) is 4.30. The summed E-state index contributed by atoms with van der Waals surface area (Å²) in [5.41, 5.74) is 2.21. The van der Waals surface area contributed by atoms with Gasteiger partial charge in [0.25, 0.3) is 0 Å². The van der Waals surface area contributed by atoms with Crippen LogP contribution in [0.5, 0.6) is 0 Å². The highest BCUT2D eigenvalue weighted by molar-refractivity contribution is 5.78. The molecule has 110 valence electrons. The summed E-state index contributed by atoms with van der Waals surface area (Å²) in [7, 11) is 3.48. The molecule has 5 heteroatoms. The van der Waals surface area contributed by atoms with Crippen LogP contribution in [-0.2, 0) is 23.1 Å². The van der Waals surface area contributed by atoms with Gasteiger partial charge in [-0.25, -0.2) is 0 Å². The summed E-state index contributed by atoms with van der Waals surface area (Å²) in [6, 6.07) is 0. The maximum atomic E-state index is 12.2. The van der Waals surface area contributed by atoms with Gasteiger partial charge in [0.05, 0.1) is 18.7 Å². The van der Waals surface area contributed by atoms with Gasteiger partial charge < -0.3 is 4.74 Å². The number of carbonyl (C=O) groups excluding carboxylic acids is 1. The lowest BCUT2D eigenvalue weighted by atomic mass is 9.81. The molecule has 3 rings (SSSR count). The number of aromatic nitrogens is 2. The number of esters is 1. The molecule has 2 fully saturated rings. The van der Waals surface area contributed by atoms with Gasteiger partial charge in [-0.2, -0.15) is 5.10 Å². The van der Waals surface area contributed by atoms with Gasteiger partial charge in [-0.05, 0) is 25.7 Å². The van der Waals surface area contributed by atoms with Gasteiger partial charge in [0.1, 0.15) is 0 Å². The Balaban J connectivity index is 1.76. The second-order valence-electron chi connectivity index (χ2n) is 6.29. The predicted octanol–water partition coefficient (Wildman–Crippen LogP) is 1.50. The van der Waals surface area contributed by atoms with Gasteiger partial charge in [0, 0.05) is 37.9 Å². The van der Waals surface area contributed by atoms with Crippen molar-refractivity contribution in [1.82, 2.24) is 14.7 Å². The summed E-state index contributed by atoms with van der Waals surface area (Å²) in [4.78, 5) is 14.6. The topological polar surface area (TPSA) is 47.4 Å². The smallest absolute Gasteiger partial charge is 0.313 e. The third-order valence-corrected chi connectivity index (χ3v) is 5.26. The zero-order valence-corrected chi connectivity index (χ0v) is 12.6. The molecular weight excluding hydrogens is 254 g/mol. The number of fused-ring (bicyclic) bond motifs is 1. The molecule has 0 aromatic carbocycles. The predicted molar refractivity (Wildman–Crippen MR) is 75.0 cm³/mol. The molecule has 0 radical (unpaired) electrons. The number of aryl methyl sites for hydroxylation is 1. The Kier molecular flexibility index (Phi) is 3.32. The first-order valence-electron chi connectivity index (χ1n) is 7.35. The minimum absolute atomic E-state index is 0.00888. The minimum atomic E-state index is -0.245. The van der Waals surface area contributed by atoms with Crippen molar-refractivity contribution in [2.24, 2.45) is 18.4 Å². The van der Waals surface area contributed by atoms with Gasteiger partial charge >= 0.3 is 5.97 Å². The Bertz CT molecular complexity index is 525. The fourth-order valence-electron chi connectivity index (χ4n) is 3.99. The highest BCUT2D eigenvalue weighted by atomic mass is 16.5. The zero-order valence-electron chi connectivity index (χ0n) is 12.6. The van der Waals surface area contributed by atoms with E-state index in [0.717, 1.165) is 38.9 Å². The van der Waals surface area contributed by atoms with Crippen LogP contribution in [-0.4, -0.2) is 40.8 Å². The highest BCUT2D eigenvalue weighted by Crippen LogP contribution is 2.49. The summed E-state index contributed by atoms with van der Waals surface area (Å²) in [6.07, 6.45) is 5.22. The quantitative estimate of drug-likeness (QED) is 0.786. The lowest BCUT2D eigenvalue weighted by Gasteiger charge is -2.25. The number of likely N-dealkylation sites (tertiary alicyclic amines) is 1. The van der Waals surface area contributed by atoms with E-state index in [1.54, 1.807) is 0 Å². The molecule has 2 aliphatic rings. The van der Waals surface area contributed by atoms with E-state index in [9.17, 15) is 4.79 Å². The van der Waals surface area contributed by atoms with Crippen LogP contribution in [0.1, 0.15) is 30.5 Å². The zero-order chi connectivity index (χ0) is 14.3. The van der Waals surface area contributed by atoms with Gasteiger partial charge in [-0.1, -0.05) is 6.42 Å². The van der Waals surface area contributed by atoms with Crippen molar-refractivity contribution in [3.63, 3.8) is 0 Å². The number of carbonyl (C=O) groups is 1. The Labute approximate surface area is 119 Å². The van der Waals surface area contributed by atoms with Crippen LogP contribution in [0.4, 0.5) is 0 Å². The van der Waals surface area contributed by atoms with E-state index in [2.05, 4.69) is 16.9 Å². The van der Waals surface area contributed by atoms with E-state index < -0.39 is 0 Å². The van der Waals surface area contributed by atoms with E-state index in [4.69, 9.17) is 4.74 Å². The van der Waals surface area contributed by atoms with Crippen LogP contribution in [0.25, 0.3) is 0 Å². The molecule has 1 aliphatic carbocycles. The Morgan fingerprint density at radius 1 is 1.60 bits per heavy atom. The van der Waals surface area contributed by atoms with Crippen molar-refractivity contribution in [3.8, 4) is 0 Å². The molecule has 1 saturated carbocycles. The van der Waals surface area contributed by atoms with Crippen LogP contribution in [0, 0.1) is 18.3 Å². The molecule has 1 aliphatic heterocycles. The lowest BCUT2D eigenvalue weighted by molar-refractivity contribution is -0.153. The molecule has 0 unspecified atom stereocenters. The van der Waals surface area contributed by atoms with E-state index in [1.807, 2.05) is 17.9 Å². The molecule has 1 saturated heterocycles. The van der Waals surface area contributed by atoms with Crippen LogP contribution < -0.4 is 0 Å². The lowest BCUT2D eigenvalue weighted by Crippen LogP contribution is -2.36. The van der Waals surface area contributed by atoms with Crippen LogP contribution >= 0.6 is 0 Å². The Hall–Kier alpha value is -1.36. The number of rotatable bonds is 3. The largest absolute Gasteiger partial charge is 0.469 e. The minimum Gasteiger partial charge on any atom is -0.469 e. The van der Waals surface area contributed by atoms with Crippen molar-refractivity contribution >= 4 is 5.97 Å². The molecule has 1 aromatic rings. The third kappa shape index (κ3) is 1.95. The first-order chi connectivity index (χ1) is 9.56. The van der Waals surface area contributed by atoms with Crippen molar-refractivity contribution in [3.05, 3.63) is 17.5 Å². The summed E-state index contributed by atoms with van der Waals surface area (Å²) in [6.45, 7) is 4.81. The number of nitrogens with zero attached hydrogens (tertiary/aromatic N) is 3. The van der Waals surface area contributed by atoms with Gasteiger partial charge in [-0.15, -0.1) is 0 Å². The maximum absolute atomic E-state index is 12.2. The van der Waals surface area contributed by atoms with E-state index in [-0.39, 0.29) is 11.4 Å². The molecule has 0 spiro atoms. The average molecular weight is 277 g/mol. The van der Waals surface area contributed by atoms with Crippen LogP contribution in [0.3, 0.4) is 0 Å². The molecule has 20 heavy (non-hydrogen) atoms. The monoisotopic (exact) mass is 277 g/mol. The van der Waals surface area contributed by atoms with Gasteiger partial charge in [-0.3, -0.25) is 14.4 Å². The third-order valence-electron chi connectivity index (χ3n) is 5.26. The first kappa shape index (κ1) is 13.6. The van der Waals surface area contributed by atoms with Gasteiger partial charge in [0.15, 0.2) is 0 Å². The summed E-state index contributed by atoms with van der Waals surface area (Å²) in [5.74, 6) is 0.456.